The molecule has 1 fully saturated rings. The molecule has 1 saturated heterocycles. The Hall–Kier alpha value is -0.820. The minimum atomic E-state index is -3.18. The SMILES string of the molecule is CC1CCN(C(N)=NCCS(=O)(=O)N(C)C)CC1. The van der Waals surface area contributed by atoms with Crippen molar-refractivity contribution >= 4 is 16.0 Å². The molecule has 0 spiro atoms. The number of nitrogens with two attached hydrogens (primary N) is 1. The molecular formula is C11H24N4O2S. The Kier molecular flexibility index (Phi) is 5.40. The van der Waals surface area contributed by atoms with Crippen LogP contribution in [-0.2, 0) is 10.0 Å². The van der Waals surface area contributed by atoms with Crippen LogP contribution in [0.2, 0.25) is 0 Å². The zero-order chi connectivity index (χ0) is 13.8. The highest BCUT2D eigenvalue weighted by Crippen LogP contribution is 2.15. The van der Waals surface area contributed by atoms with Crippen LogP contribution in [0.15, 0.2) is 4.99 Å². The largest absolute Gasteiger partial charge is 0.370 e. The molecule has 6 nitrogen and oxygen atoms in total. The molecule has 1 aliphatic rings. The van der Waals surface area contributed by atoms with Gasteiger partial charge in [-0.15, -0.1) is 0 Å². The summed E-state index contributed by atoms with van der Waals surface area (Å²) in [5.74, 6) is 1.21. The molecule has 0 aromatic carbocycles. The number of piperidine rings is 1. The van der Waals surface area contributed by atoms with E-state index in [9.17, 15) is 8.42 Å². The Morgan fingerprint density at radius 1 is 1.39 bits per heavy atom. The summed E-state index contributed by atoms with van der Waals surface area (Å²) in [4.78, 5) is 6.19. The number of nitrogens with zero attached hydrogens (tertiary/aromatic N) is 3. The Labute approximate surface area is 110 Å². The van der Waals surface area contributed by atoms with Crippen LogP contribution in [0.1, 0.15) is 19.8 Å². The summed E-state index contributed by atoms with van der Waals surface area (Å²) in [6.45, 7) is 4.28. The van der Waals surface area contributed by atoms with E-state index in [1.165, 1.54) is 18.4 Å². The summed E-state index contributed by atoms with van der Waals surface area (Å²) in [7, 11) is -0.137. The Balaban J connectivity index is 2.43. The van der Waals surface area contributed by atoms with Gasteiger partial charge in [0.05, 0.1) is 12.3 Å². The molecule has 7 heteroatoms. The second-order valence-corrected chi connectivity index (χ2v) is 7.31. The maximum atomic E-state index is 11.5. The molecule has 0 saturated carbocycles. The summed E-state index contributed by atoms with van der Waals surface area (Å²) in [6, 6.07) is 0. The van der Waals surface area contributed by atoms with E-state index < -0.39 is 10.0 Å². The number of sulfonamides is 1. The molecule has 106 valence electrons. The van der Waals surface area contributed by atoms with E-state index in [-0.39, 0.29) is 12.3 Å². The lowest BCUT2D eigenvalue weighted by molar-refractivity contribution is 0.278. The molecule has 18 heavy (non-hydrogen) atoms. The first-order valence-corrected chi connectivity index (χ1v) is 7.89. The summed E-state index contributed by atoms with van der Waals surface area (Å²) >= 11 is 0. The maximum absolute atomic E-state index is 11.5. The van der Waals surface area contributed by atoms with Gasteiger partial charge >= 0.3 is 0 Å². The number of hydrogen-bond donors (Lipinski definition) is 1. The molecule has 1 rings (SSSR count). The van der Waals surface area contributed by atoms with E-state index in [4.69, 9.17) is 5.73 Å². The van der Waals surface area contributed by atoms with Gasteiger partial charge in [-0.3, -0.25) is 4.99 Å². The van der Waals surface area contributed by atoms with Crippen LogP contribution in [-0.4, -0.2) is 63.1 Å². The summed E-state index contributed by atoms with van der Waals surface area (Å²) in [5.41, 5.74) is 5.87. The zero-order valence-electron chi connectivity index (χ0n) is 11.5. The van der Waals surface area contributed by atoms with Gasteiger partial charge in [0.25, 0.3) is 0 Å². The standard InChI is InChI=1S/C11H24N4O2S/c1-10-4-7-15(8-5-10)11(12)13-6-9-18(16,17)14(2)3/h10H,4-9H2,1-3H3,(H2,12,13). The highest BCUT2D eigenvalue weighted by atomic mass is 32.2. The Bertz CT molecular complexity index is 384. The van der Waals surface area contributed by atoms with Gasteiger partial charge in [0.1, 0.15) is 0 Å². The number of hydrogen-bond acceptors (Lipinski definition) is 3. The number of likely N-dealkylation sites (tertiary alicyclic amines) is 1. The zero-order valence-corrected chi connectivity index (χ0v) is 12.3. The predicted molar refractivity (Wildman–Crippen MR) is 73.9 cm³/mol. The lowest BCUT2D eigenvalue weighted by Gasteiger charge is -2.31. The summed E-state index contributed by atoms with van der Waals surface area (Å²) < 4.78 is 24.3. The van der Waals surface area contributed by atoms with Crippen molar-refractivity contribution in [2.24, 2.45) is 16.6 Å². The summed E-state index contributed by atoms with van der Waals surface area (Å²) in [6.07, 6.45) is 2.23. The molecule has 0 atom stereocenters. The third kappa shape index (κ3) is 4.45. The van der Waals surface area contributed by atoms with Gasteiger partial charge < -0.3 is 10.6 Å². The monoisotopic (exact) mass is 276 g/mol. The van der Waals surface area contributed by atoms with Crippen molar-refractivity contribution in [3.63, 3.8) is 0 Å². The van der Waals surface area contributed by atoms with Gasteiger partial charge in [0.2, 0.25) is 10.0 Å². The fourth-order valence-electron chi connectivity index (χ4n) is 1.80. The van der Waals surface area contributed by atoms with E-state index in [2.05, 4.69) is 11.9 Å². The van der Waals surface area contributed by atoms with E-state index in [0.29, 0.717) is 5.96 Å². The minimum absolute atomic E-state index is 0.00490. The average Bonchev–Trinajstić information content (AvgIpc) is 2.29. The van der Waals surface area contributed by atoms with Crippen LogP contribution in [0.4, 0.5) is 0 Å². The van der Waals surface area contributed by atoms with E-state index in [0.717, 1.165) is 31.8 Å². The number of guanidine groups is 1. The first kappa shape index (κ1) is 15.2. The van der Waals surface area contributed by atoms with Crippen molar-refractivity contribution in [2.45, 2.75) is 19.8 Å². The second kappa shape index (κ2) is 6.38. The second-order valence-electron chi connectivity index (χ2n) is 5.01. The van der Waals surface area contributed by atoms with Crippen molar-refractivity contribution in [3.8, 4) is 0 Å². The molecule has 0 bridgehead atoms. The van der Waals surface area contributed by atoms with Crippen molar-refractivity contribution in [3.05, 3.63) is 0 Å². The smallest absolute Gasteiger partial charge is 0.215 e. The van der Waals surface area contributed by atoms with Gasteiger partial charge in [0, 0.05) is 27.2 Å². The van der Waals surface area contributed by atoms with Crippen LogP contribution >= 0.6 is 0 Å². The molecule has 0 unspecified atom stereocenters. The van der Waals surface area contributed by atoms with Crippen LogP contribution in [0.25, 0.3) is 0 Å². The lowest BCUT2D eigenvalue weighted by Crippen LogP contribution is -2.42. The fraction of sp³-hybridized carbons (Fsp3) is 0.909. The van der Waals surface area contributed by atoms with Crippen molar-refractivity contribution in [2.75, 3.05) is 39.5 Å². The normalized spacial score (nSPS) is 19.6. The first-order valence-electron chi connectivity index (χ1n) is 6.28. The molecule has 1 aliphatic heterocycles. The van der Waals surface area contributed by atoms with Gasteiger partial charge in [-0.05, 0) is 18.8 Å². The molecule has 0 radical (unpaired) electrons. The van der Waals surface area contributed by atoms with E-state index in [1.54, 1.807) is 0 Å². The fourth-order valence-corrected chi connectivity index (χ4v) is 2.48. The van der Waals surface area contributed by atoms with Gasteiger partial charge in [0.15, 0.2) is 5.96 Å². The van der Waals surface area contributed by atoms with Crippen LogP contribution in [0.5, 0.6) is 0 Å². The Morgan fingerprint density at radius 2 is 1.94 bits per heavy atom. The van der Waals surface area contributed by atoms with Crippen molar-refractivity contribution in [1.29, 1.82) is 0 Å². The van der Waals surface area contributed by atoms with E-state index in [1.807, 2.05) is 4.90 Å². The predicted octanol–water partition coefficient (Wildman–Crippen LogP) is -0.0756. The minimum Gasteiger partial charge on any atom is -0.370 e. The molecule has 0 aromatic rings. The molecular weight excluding hydrogens is 252 g/mol. The van der Waals surface area contributed by atoms with Gasteiger partial charge in [-0.1, -0.05) is 6.92 Å². The molecule has 2 N–H and O–H groups in total. The highest BCUT2D eigenvalue weighted by molar-refractivity contribution is 7.89. The average molecular weight is 276 g/mol. The highest BCUT2D eigenvalue weighted by Gasteiger charge is 2.17. The quantitative estimate of drug-likeness (QED) is 0.575. The van der Waals surface area contributed by atoms with Crippen LogP contribution in [0, 0.1) is 5.92 Å². The number of rotatable bonds is 4. The summed E-state index contributed by atoms with van der Waals surface area (Å²) in [5, 5.41) is 0. The maximum Gasteiger partial charge on any atom is 0.215 e. The van der Waals surface area contributed by atoms with Crippen LogP contribution in [0.3, 0.4) is 0 Å². The molecule has 0 aliphatic carbocycles. The Morgan fingerprint density at radius 3 is 2.44 bits per heavy atom. The van der Waals surface area contributed by atoms with Gasteiger partial charge in [-0.25, -0.2) is 12.7 Å². The lowest BCUT2D eigenvalue weighted by atomic mass is 10.00. The number of aliphatic imine (C=N–C) groups is 1. The third-order valence-electron chi connectivity index (χ3n) is 3.29. The first-order chi connectivity index (χ1) is 8.33. The van der Waals surface area contributed by atoms with Crippen molar-refractivity contribution < 1.29 is 8.42 Å². The molecule has 0 aromatic heterocycles. The topological polar surface area (TPSA) is 79.0 Å². The van der Waals surface area contributed by atoms with Crippen LogP contribution < -0.4 is 5.73 Å². The van der Waals surface area contributed by atoms with Crippen molar-refractivity contribution in [1.82, 2.24) is 9.21 Å². The van der Waals surface area contributed by atoms with E-state index >= 15 is 0 Å². The molecule has 1 heterocycles. The molecule has 0 amide bonds. The van der Waals surface area contributed by atoms with Gasteiger partial charge in [-0.2, -0.15) is 0 Å². The third-order valence-corrected chi connectivity index (χ3v) is 5.10.